The topological polar surface area (TPSA) is 96.8 Å². The van der Waals surface area contributed by atoms with Crippen LogP contribution in [0.4, 0.5) is 0 Å². The van der Waals surface area contributed by atoms with Crippen molar-refractivity contribution in [3.05, 3.63) is 41.2 Å². The first-order valence-electron chi connectivity index (χ1n) is 8.38. The van der Waals surface area contributed by atoms with Crippen molar-refractivity contribution in [3.63, 3.8) is 0 Å². The first kappa shape index (κ1) is 18.6. The van der Waals surface area contributed by atoms with Crippen LogP contribution in [0.1, 0.15) is 29.6 Å². The second-order valence-corrected chi connectivity index (χ2v) is 7.13. The summed E-state index contributed by atoms with van der Waals surface area (Å²) >= 11 is 1.35. The van der Waals surface area contributed by atoms with Gasteiger partial charge in [-0.15, -0.1) is 11.8 Å². The van der Waals surface area contributed by atoms with Gasteiger partial charge in [0.2, 0.25) is 0 Å². The minimum Gasteiger partial charge on any atom is -0.481 e. The summed E-state index contributed by atoms with van der Waals surface area (Å²) in [6.45, 7) is 1.02. The average Bonchev–Trinajstić information content (AvgIpc) is 3.23. The van der Waals surface area contributed by atoms with Gasteiger partial charge in [0.25, 0.3) is 5.91 Å². The number of hydrogen-bond donors (Lipinski definition) is 1. The molecule has 8 heteroatoms. The Labute approximate surface area is 155 Å². The van der Waals surface area contributed by atoms with Gasteiger partial charge < -0.3 is 14.7 Å². The highest BCUT2D eigenvalue weighted by Gasteiger charge is 2.43. The Kier molecular flexibility index (Phi) is 5.73. The van der Waals surface area contributed by atoms with E-state index in [9.17, 15) is 19.5 Å². The molecule has 0 bridgehead atoms. The molecule has 3 rings (SSSR count). The summed E-state index contributed by atoms with van der Waals surface area (Å²) in [6.07, 6.45) is 6.06. The van der Waals surface area contributed by atoms with E-state index >= 15 is 0 Å². The van der Waals surface area contributed by atoms with Crippen molar-refractivity contribution in [2.45, 2.75) is 30.7 Å². The van der Waals surface area contributed by atoms with Crippen LogP contribution in [0.5, 0.6) is 0 Å². The van der Waals surface area contributed by atoms with Crippen LogP contribution in [0.15, 0.2) is 35.7 Å². The van der Waals surface area contributed by atoms with E-state index in [1.807, 2.05) is 6.26 Å². The average molecular weight is 376 g/mol. The van der Waals surface area contributed by atoms with E-state index in [1.165, 1.54) is 24.2 Å². The molecule has 1 saturated heterocycles. The molecule has 26 heavy (non-hydrogen) atoms. The van der Waals surface area contributed by atoms with Crippen LogP contribution in [0.25, 0.3) is 0 Å². The number of carbonyl (C=O) groups excluding carboxylic acids is 2. The number of aromatic nitrogens is 1. The largest absolute Gasteiger partial charge is 0.481 e. The second kappa shape index (κ2) is 8.01. The quantitative estimate of drug-likeness (QED) is 0.724. The number of ketones is 1. The van der Waals surface area contributed by atoms with Gasteiger partial charge >= 0.3 is 5.97 Å². The zero-order valence-corrected chi connectivity index (χ0v) is 15.2. The summed E-state index contributed by atoms with van der Waals surface area (Å²) in [4.78, 5) is 42.7. The fraction of sp³-hybridized carbons (Fsp3) is 0.444. The summed E-state index contributed by atoms with van der Waals surface area (Å²) in [6, 6.07) is 3.14. The zero-order valence-electron chi connectivity index (χ0n) is 14.4. The zero-order chi connectivity index (χ0) is 18.7. The summed E-state index contributed by atoms with van der Waals surface area (Å²) in [5, 5.41) is 8.72. The standard InChI is InChI=1S/C18H20N2O5S/c1-26-18-15(16(23)11-4-6-19-7-5-11)13(9-14(21)22)17(24)20(18)10-12-3-2-8-25-12/h4-7,12,18H,2-3,8-10H2,1H3,(H,21,22). The molecule has 1 N–H and O–H groups in total. The molecule has 3 heterocycles. The van der Waals surface area contributed by atoms with Gasteiger partial charge in [0.1, 0.15) is 5.37 Å². The molecule has 2 atom stereocenters. The van der Waals surface area contributed by atoms with E-state index < -0.39 is 17.8 Å². The van der Waals surface area contributed by atoms with Gasteiger partial charge in [0, 0.05) is 42.3 Å². The first-order chi connectivity index (χ1) is 12.5. The van der Waals surface area contributed by atoms with Crippen LogP contribution < -0.4 is 0 Å². The van der Waals surface area contributed by atoms with Gasteiger partial charge in [-0.2, -0.15) is 0 Å². The number of hydrogen-bond acceptors (Lipinski definition) is 6. The number of Topliss-reactive ketones (excluding diaryl/α,β-unsaturated/α-hetero) is 1. The van der Waals surface area contributed by atoms with Crippen LogP contribution in [-0.2, 0) is 14.3 Å². The van der Waals surface area contributed by atoms with Crippen LogP contribution in [0, 0.1) is 0 Å². The molecule has 0 saturated carbocycles. The third-order valence-corrected chi connectivity index (χ3v) is 5.47. The number of carboxylic acid groups (broad SMARTS) is 1. The highest BCUT2D eigenvalue weighted by atomic mass is 32.2. The fourth-order valence-electron chi connectivity index (χ4n) is 3.36. The molecule has 0 aromatic carbocycles. The maximum Gasteiger partial charge on any atom is 0.308 e. The number of rotatable bonds is 7. The molecule has 2 aliphatic heterocycles. The number of nitrogens with zero attached hydrogens (tertiary/aromatic N) is 2. The lowest BCUT2D eigenvalue weighted by atomic mass is 9.99. The fourth-order valence-corrected chi connectivity index (χ4v) is 4.28. The van der Waals surface area contributed by atoms with Crippen molar-refractivity contribution in [1.29, 1.82) is 0 Å². The van der Waals surface area contributed by atoms with Crippen molar-refractivity contribution >= 4 is 29.4 Å². The first-order valence-corrected chi connectivity index (χ1v) is 9.66. The Hall–Kier alpha value is -2.19. The Morgan fingerprint density at radius 1 is 1.38 bits per heavy atom. The summed E-state index contributed by atoms with van der Waals surface area (Å²) in [7, 11) is 0. The van der Waals surface area contributed by atoms with E-state index in [4.69, 9.17) is 4.74 Å². The number of aliphatic carboxylic acids is 1. The van der Waals surface area contributed by atoms with Gasteiger partial charge in [-0.1, -0.05) is 0 Å². The number of ether oxygens (including phenoxy) is 1. The summed E-state index contributed by atoms with van der Waals surface area (Å²) in [5.41, 5.74) is 0.717. The van der Waals surface area contributed by atoms with Gasteiger partial charge in [-0.3, -0.25) is 19.4 Å². The van der Waals surface area contributed by atoms with E-state index in [2.05, 4.69) is 4.98 Å². The molecule has 138 valence electrons. The van der Waals surface area contributed by atoms with Gasteiger partial charge in [0.15, 0.2) is 5.78 Å². The predicted molar refractivity (Wildman–Crippen MR) is 95.8 cm³/mol. The third-order valence-electron chi connectivity index (χ3n) is 4.54. The maximum atomic E-state index is 13.0. The van der Waals surface area contributed by atoms with Crippen LogP contribution in [0.2, 0.25) is 0 Å². The van der Waals surface area contributed by atoms with Gasteiger partial charge in [-0.25, -0.2) is 0 Å². The van der Waals surface area contributed by atoms with Crippen LogP contribution in [0.3, 0.4) is 0 Å². The summed E-state index contributed by atoms with van der Waals surface area (Å²) in [5.74, 6) is -1.85. The molecule has 7 nitrogen and oxygen atoms in total. The molecule has 1 amide bonds. The Balaban J connectivity index is 1.96. The van der Waals surface area contributed by atoms with E-state index in [0.717, 1.165) is 12.8 Å². The lowest BCUT2D eigenvalue weighted by Gasteiger charge is -2.27. The van der Waals surface area contributed by atoms with Gasteiger partial charge in [-0.05, 0) is 31.2 Å². The van der Waals surface area contributed by atoms with Crippen molar-refractivity contribution in [1.82, 2.24) is 9.88 Å². The van der Waals surface area contributed by atoms with Crippen LogP contribution in [-0.4, -0.2) is 63.5 Å². The molecular weight excluding hydrogens is 356 g/mol. The number of amides is 1. The van der Waals surface area contributed by atoms with Crippen molar-refractivity contribution in [2.75, 3.05) is 19.4 Å². The maximum absolute atomic E-state index is 13.0. The van der Waals surface area contributed by atoms with E-state index in [1.54, 1.807) is 17.0 Å². The Morgan fingerprint density at radius 3 is 2.69 bits per heavy atom. The number of carboxylic acids is 1. The smallest absolute Gasteiger partial charge is 0.308 e. The number of carbonyl (C=O) groups is 3. The van der Waals surface area contributed by atoms with Crippen LogP contribution >= 0.6 is 11.8 Å². The molecular formula is C18H20N2O5S. The minimum atomic E-state index is -1.13. The molecule has 1 aromatic heterocycles. The second-order valence-electron chi connectivity index (χ2n) is 6.21. The molecule has 0 radical (unpaired) electrons. The molecule has 1 aromatic rings. The summed E-state index contributed by atoms with van der Waals surface area (Å²) < 4.78 is 5.62. The van der Waals surface area contributed by atoms with E-state index in [0.29, 0.717) is 18.7 Å². The Bertz CT molecular complexity index is 743. The lowest BCUT2D eigenvalue weighted by Crippen LogP contribution is -2.40. The molecule has 2 unspecified atom stereocenters. The molecule has 2 aliphatic rings. The molecule has 0 spiro atoms. The van der Waals surface area contributed by atoms with Crippen molar-refractivity contribution in [3.8, 4) is 0 Å². The highest BCUT2D eigenvalue weighted by Crippen LogP contribution is 2.36. The van der Waals surface area contributed by atoms with Crippen molar-refractivity contribution < 1.29 is 24.2 Å². The number of thioether (sulfide) groups is 1. The highest BCUT2D eigenvalue weighted by molar-refractivity contribution is 7.99. The van der Waals surface area contributed by atoms with E-state index in [-0.39, 0.29) is 28.9 Å². The third kappa shape index (κ3) is 3.66. The normalized spacial score (nSPS) is 23.0. The molecule has 1 fully saturated rings. The Morgan fingerprint density at radius 2 is 2.12 bits per heavy atom. The predicted octanol–water partition coefficient (Wildman–Crippen LogP) is 1.75. The minimum absolute atomic E-state index is 0.0664. The monoisotopic (exact) mass is 376 g/mol. The SMILES string of the molecule is CSC1C(C(=O)c2ccncc2)=C(CC(=O)O)C(=O)N1CC1CCCO1. The number of pyridine rings is 1. The van der Waals surface area contributed by atoms with Gasteiger partial charge in [0.05, 0.1) is 12.5 Å². The lowest BCUT2D eigenvalue weighted by molar-refractivity contribution is -0.137. The van der Waals surface area contributed by atoms with Crippen molar-refractivity contribution in [2.24, 2.45) is 0 Å². The molecule has 0 aliphatic carbocycles.